The van der Waals surface area contributed by atoms with E-state index >= 15 is 0 Å². The lowest BCUT2D eigenvalue weighted by Crippen LogP contribution is -1.99. The summed E-state index contributed by atoms with van der Waals surface area (Å²) < 4.78 is 4.96. The summed E-state index contributed by atoms with van der Waals surface area (Å²) in [6.07, 6.45) is 0. The van der Waals surface area contributed by atoms with E-state index in [9.17, 15) is 4.79 Å². The Morgan fingerprint density at radius 2 is 2.11 bits per heavy atom. The average molecular weight is 256 g/mol. The van der Waals surface area contributed by atoms with Crippen LogP contribution in [0.25, 0.3) is 22.4 Å². The third kappa shape index (κ3) is 1.97. The van der Waals surface area contributed by atoms with Crippen molar-refractivity contribution in [2.45, 2.75) is 6.92 Å². The predicted molar refractivity (Wildman–Crippen MR) is 72.1 cm³/mol. The molecule has 2 aromatic heterocycles. The molecule has 3 aromatic rings. The van der Waals surface area contributed by atoms with Crippen LogP contribution in [0.1, 0.15) is 5.56 Å². The molecule has 0 aliphatic carbocycles. The quantitative estimate of drug-likeness (QED) is 0.732. The van der Waals surface area contributed by atoms with Gasteiger partial charge in [-0.25, -0.2) is 4.79 Å². The monoisotopic (exact) mass is 256 g/mol. The van der Waals surface area contributed by atoms with E-state index in [1.807, 2.05) is 25.1 Å². The molecule has 0 radical (unpaired) electrons. The number of rotatable bonds is 2. The van der Waals surface area contributed by atoms with Gasteiger partial charge in [-0.1, -0.05) is 0 Å². The van der Waals surface area contributed by atoms with Gasteiger partial charge in [-0.05, 0) is 36.8 Å². The number of oxazole rings is 1. The van der Waals surface area contributed by atoms with Gasteiger partial charge in [-0.3, -0.25) is 4.98 Å². The minimum absolute atomic E-state index is 0.458. The Hall–Kier alpha value is -2.63. The SMILES string of the molecule is CNc1nnc(-c2ccc3oc(=O)[nH]c3c2)cc1C. The zero-order valence-electron chi connectivity index (χ0n) is 10.5. The largest absolute Gasteiger partial charge is 0.417 e. The molecule has 2 heterocycles. The first kappa shape index (κ1) is 11.5. The second-order valence-electron chi connectivity index (χ2n) is 4.24. The molecule has 0 spiro atoms. The molecule has 3 rings (SSSR count). The second kappa shape index (κ2) is 4.24. The van der Waals surface area contributed by atoms with Crippen LogP contribution < -0.4 is 11.1 Å². The number of benzene rings is 1. The number of nitrogens with zero attached hydrogens (tertiary/aromatic N) is 2. The highest BCUT2D eigenvalue weighted by Gasteiger charge is 2.07. The van der Waals surface area contributed by atoms with Crippen molar-refractivity contribution in [3.8, 4) is 11.3 Å². The fourth-order valence-electron chi connectivity index (χ4n) is 1.98. The van der Waals surface area contributed by atoms with Gasteiger partial charge in [-0.2, -0.15) is 0 Å². The van der Waals surface area contributed by atoms with Gasteiger partial charge in [0.05, 0.1) is 11.2 Å². The van der Waals surface area contributed by atoms with Crippen LogP contribution in [0.2, 0.25) is 0 Å². The molecule has 6 nitrogen and oxygen atoms in total. The standard InChI is InChI=1S/C13H12N4O2/c1-7-5-9(16-17-12(7)14-2)8-3-4-11-10(6-8)15-13(18)19-11/h3-6H,1-2H3,(H,14,17)(H,15,18). The van der Waals surface area contributed by atoms with Gasteiger partial charge in [0.2, 0.25) is 0 Å². The highest BCUT2D eigenvalue weighted by molar-refractivity contribution is 5.79. The van der Waals surface area contributed by atoms with Crippen molar-refractivity contribution in [1.82, 2.24) is 15.2 Å². The lowest BCUT2D eigenvalue weighted by Gasteiger charge is -2.05. The number of aromatic nitrogens is 3. The summed E-state index contributed by atoms with van der Waals surface area (Å²) in [4.78, 5) is 13.7. The molecule has 0 saturated heterocycles. The van der Waals surface area contributed by atoms with Crippen LogP contribution in [0.15, 0.2) is 33.5 Å². The normalized spacial score (nSPS) is 10.8. The van der Waals surface area contributed by atoms with Crippen molar-refractivity contribution in [3.05, 3.63) is 40.4 Å². The number of hydrogen-bond acceptors (Lipinski definition) is 5. The minimum Gasteiger partial charge on any atom is -0.408 e. The van der Waals surface area contributed by atoms with Crippen LogP contribution in [-0.2, 0) is 0 Å². The van der Waals surface area contributed by atoms with Crippen molar-refractivity contribution in [3.63, 3.8) is 0 Å². The maximum atomic E-state index is 11.1. The number of aryl methyl sites for hydroxylation is 1. The molecule has 1 aromatic carbocycles. The molecule has 96 valence electrons. The van der Waals surface area contributed by atoms with E-state index in [-0.39, 0.29) is 0 Å². The Balaban J connectivity index is 2.12. The minimum atomic E-state index is -0.458. The molecule has 0 saturated carbocycles. The van der Waals surface area contributed by atoms with Gasteiger partial charge in [0.1, 0.15) is 0 Å². The summed E-state index contributed by atoms with van der Waals surface area (Å²) in [5.41, 5.74) is 3.82. The molecule has 2 N–H and O–H groups in total. The van der Waals surface area contributed by atoms with Crippen LogP contribution in [0.5, 0.6) is 0 Å². The van der Waals surface area contributed by atoms with Gasteiger partial charge in [0.25, 0.3) is 0 Å². The van der Waals surface area contributed by atoms with Gasteiger partial charge in [0, 0.05) is 12.6 Å². The van der Waals surface area contributed by atoms with E-state index < -0.39 is 5.76 Å². The maximum absolute atomic E-state index is 11.1. The molecule has 0 bridgehead atoms. The first-order valence-corrected chi connectivity index (χ1v) is 5.82. The molecule has 0 unspecified atom stereocenters. The molecule has 0 fully saturated rings. The predicted octanol–water partition coefficient (Wildman–Crippen LogP) is 1.93. The zero-order valence-corrected chi connectivity index (χ0v) is 10.5. The molecular weight excluding hydrogens is 244 g/mol. The molecule has 19 heavy (non-hydrogen) atoms. The van der Waals surface area contributed by atoms with Crippen LogP contribution in [-0.4, -0.2) is 22.2 Å². The van der Waals surface area contributed by atoms with Gasteiger partial charge in [0.15, 0.2) is 11.4 Å². The number of H-pyrrole nitrogens is 1. The number of aromatic amines is 1. The summed E-state index contributed by atoms with van der Waals surface area (Å²) in [6.45, 7) is 1.96. The van der Waals surface area contributed by atoms with Crippen LogP contribution >= 0.6 is 0 Å². The second-order valence-corrected chi connectivity index (χ2v) is 4.24. The van der Waals surface area contributed by atoms with Crippen molar-refractivity contribution >= 4 is 16.9 Å². The van der Waals surface area contributed by atoms with Gasteiger partial charge in [-0.15, -0.1) is 10.2 Å². The third-order valence-electron chi connectivity index (χ3n) is 2.94. The summed E-state index contributed by atoms with van der Waals surface area (Å²) in [7, 11) is 1.80. The highest BCUT2D eigenvalue weighted by Crippen LogP contribution is 2.23. The fourth-order valence-corrected chi connectivity index (χ4v) is 1.98. The van der Waals surface area contributed by atoms with Crippen molar-refractivity contribution in [2.75, 3.05) is 12.4 Å². The summed E-state index contributed by atoms with van der Waals surface area (Å²) in [5, 5.41) is 11.2. The van der Waals surface area contributed by atoms with Crippen molar-refractivity contribution in [1.29, 1.82) is 0 Å². The molecule has 6 heteroatoms. The molecule has 0 atom stereocenters. The van der Waals surface area contributed by atoms with Crippen molar-refractivity contribution in [2.24, 2.45) is 0 Å². The number of hydrogen-bond donors (Lipinski definition) is 2. The van der Waals surface area contributed by atoms with Gasteiger partial charge >= 0.3 is 5.76 Å². The van der Waals surface area contributed by atoms with E-state index in [0.29, 0.717) is 11.1 Å². The topological polar surface area (TPSA) is 83.8 Å². The van der Waals surface area contributed by atoms with E-state index in [4.69, 9.17) is 4.42 Å². The van der Waals surface area contributed by atoms with E-state index in [2.05, 4.69) is 20.5 Å². The number of fused-ring (bicyclic) bond motifs is 1. The molecule has 0 aliphatic heterocycles. The Kier molecular flexibility index (Phi) is 2.56. The van der Waals surface area contributed by atoms with Crippen LogP contribution in [0.4, 0.5) is 5.82 Å². The molecular formula is C13H12N4O2. The van der Waals surface area contributed by atoms with E-state index in [1.165, 1.54) is 0 Å². The average Bonchev–Trinajstić information content (AvgIpc) is 2.77. The summed E-state index contributed by atoms with van der Waals surface area (Å²) in [5.74, 6) is 0.293. The Bertz CT molecular complexity index is 804. The van der Waals surface area contributed by atoms with Crippen LogP contribution in [0.3, 0.4) is 0 Å². The Morgan fingerprint density at radius 1 is 1.26 bits per heavy atom. The lowest BCUT2D eigenvalue weighted by molar-refractivity contribution is 0.555. The summed E-state index contributed by atoms with van der Waals surface area (Å²) >= 11 is 0. The first-order chi connectivity index (χ1) is 9.17. The van der Waals surface area contributed by atoms with Crippen molar-refractivity contribution < 1.29 is 4.42 Å². The third-order valence-corrected chi connectivity index (χ3v) is 2.94. The van der Waals surface area contributed by atoms with Gasteiger partial charge < -0.3 is 9.73 Å². The zero-order chi connectivity index (χ0) is 13.4. The Morgan fingerprint density at radius 3 is 2.84 bits per heavy atom. The summed E-state index contributed by atoms with van der Waals surface area (Å²) in [6, 6.07) is 7.36. The highest BCUT2D eigenvalue weighted by atomic mass is 16.4. The smallest absolute Gasteiger partial charge is 0.408 e. The number of anilines is 1. The van der Waals surface area contributed by atoms with E-state index in [0.717, 1.165) is 22.6 Å². The van der Waals surface area contributed by atoms with E-state index in [1.54, 1.807) is 13.1 Å². The fraction of sp³-hybridized carbons (Fsp3) is 0.154. The molecule has 0 aliphatic rings. The first-order valence-electron chi connectivity index (χ1n) is 5.82. The maximum Gasteiger partial charge on any atom is 0.417 e. The Labute approximate surface area is 108 Å². The molecule has 0 amide bonds. The lowest BCUT2D eigenvalue weighted by atomic mass is 10.1. The number of nitrogens with one attached hydrogen (secondary N) is 2. The van der Waals surface area contributed by atoms with Crippen LogP contribution in [0, 0.1) is 6.92 Å².